The molecule has 2 heterocycles. The Labute approximate surface area is 107 Å². The number of aromatic amines is 1. The molecule has 0 amide bonds. The molecule has 2 N–H and O–H groups in total. The van der Waals surface area contributed by atoms with Gasteiger partial charge in [-0.25, -0.2) is 0 Å². The van der Waals surface area contributed by atoms with E-state index >= 15 is 0 Å². The van der Waals surface area contributed by atoms with Gasteiger partial charge >= 0.3 is 0 Å². The summed E-state index contributed by atoms with van der Waals surface area (Å²) in [5.41, 5.74) is 1.93. The Bertz CT molecular complexity index is 507. The molecule has 5 nitrogen and oxygen atoms in total. The summed E-state index contributed by atoms with van der Waals surface area (Å²) in [4.78, 5) is 4.29. The minimum Gasteiger partial charge on any atom is -0.437 e. The van der Waals surface area contributed by atoms with Crippen LogP contribution in [0.25, 0.3) is 0 Å². The second-order valence-corrected chi connectivity index (χ2v) is 4.51. The summed E-state index contributed by atoms with van der Waals surface area (Å²) >= 11 is 0. The van der Waals surface area contributed by atoms with Crippen molar-refractivity contribution in [2.75, 3.05) is 0 Å². The molecular formula is C13H18N4O. The monoisotopic (exact) mass is 246 g/mol. The van der Waals surface area contributed by atoms with Crippen molar-refractivity contribution in [1.82, 2.24) is 20.5 Å². The fourth-order valence-corrected chi connectivity index (χ4v) is 1.49. The van der Waals surface area contributed by atoms with Crippen LogP contribution >= 0.6 is 0 Å². The maximum absolute atomic E-state index is 5.64. The molecule has 2 aromatic rings. The molecule has 0 saturated heterocycles. The predicted octanol–water partition coefficient (Wildman–Crippen LogP) is 2.40. The first-order chi connectivity index (χ1) is 8.63. The van der Waals surface area contributed by atoms with E-state index in [9.17, 15) is 0 Å². The lowest BCUT2D eigenvalue weighted by Crippen LogP contribution is -2.22. The number of aromatic nitrogens is 3. The fourth-order valence-electron chi connectivity index (χ4n) is 1.49. The molecule has 96 valence electrons. The first-order valence-corrected chi connectivity index (χ1v) is 6.01. The standard InChI is InChI=1S/C13H18N4O/c1-9(2)15-8-11-7-12(4-5-14-11)18-13-6-10(3)16-17-13/h4-7,9,15H,8H2,1-3H3,(H,16,17). The highest BCUT2D eigenvalue weighted by atomic mass is 16.5. The van der Waals surface area contributed by atoms with Crippen molar-refractivity contribution >= 4 is 0 Å². The highest BCUT2D eigenvalue weighted by molar-refractivity contribution is 5.27. The lowest BCUT2D eigenvalue weighted by atomic mass is 10.3. The van der Waals surface area contributed by atoms with Crippen LogP contribution in [0.3, 0.4) is 0 Å². The first-order valence-electron chi connectivity index (χ1n) is 6.01. The van der Waals surface area contributed by atoms with Gasteiger partial charge in [0.2, 0.25) is 5.88 Å². The maximum Gasteiger partial charge on any atom is 0.238 e. The summed E-state index contributed by atoms with van der Waals surface area (Å²) in [5, 5.41) is 10.2. The third-order valence-corrected chi connectivity index (χ3v) is 2.38. The van der Waals surface area contributed by atoms with Gasteiger partial charge in [0.1, 0.15) is 5.75 Å². The molecule has 0 spiro atoms. The smallest absolute Gasteiger partial charge is 0.238 e. The van der Waals surface area contributed by atoms with Crippen LogP contribution in [0.1, 0.15) is 25.2 Å². The average Bonchev–Trinajstić information content (AvgIpc) is 2.73. The zero-order valence-electron chi connectivity index (χ0n) is 10.9. The van der Waals surface area contributed by atoms with Gasteiger partial charge in [-0.2, -0.15) is 0 Å². The van der Waals surface area contributed by atoms with E-state index < -0.39 is 0 Å². The maximum atomic E-state index is 5.64. The van der Waals surface area contributed by atoms with Gasteiger partial charge in [0.05, 0.1) is 5.69 Å². The van der Waals surface area contributed by atoms with Crippen LogP contribution in [-0.4, -0.2) is 21.2 Å². The highest BCUT2D eigenvalue weighted by Crippen LogP contribution is 2.19. The summed E-state index contributed by atoms with van der Waals surface area (Å²) in [5.74, 6) is 1.32. The van der Waals surface area contributed by atoms with Gasteiger partial charge in [-0.1, -0.05) is 13.8 Å². The van der Waals surface area contributed by atoms with Gasteiger partial charge < -0.3 is 10.1 Å². The van der Waals surface area contributed by atoms with Crippen LogP contribution < -0.4 is 10.1 Å². The van der Waals surface area contributed by atoms with Crippen LogP contribution in [0.2, 0.25) is 0 Å². The Morgan fingerprint density at radius 2 is 2.22 bits per heavy atom. The minimum absolute atomic E-state index is 0.436. The van der Waals surface area contributed by atoms with Crippen molar-refractivity contribution in [2.45, 2.75) is 33.4 Å². The Balaban J connectivity index is 2.02. The molecule has 0 fully saturated rings. The van der Waals surface area contributed by atoms with Gasteiger partial charge in [0.25, 0.3) is 0 Å². The summed E-state index contributed by atoms with van der Waals surface area (Å²) in [6, 6.07) is 6.03. The van der Waals surface area contributed by atoms with E-state index in [-0.39, 0.29) is 0 Å². The largest absolute Gasteiger partial charge is 0.437 e. The summed E-state index contributed by atoms with van der Waals surface area (Å²) in [7, 11) is 0. The SMILES string of the molecule is Cc1cc(Oc2ccnc(CNC(C)C)c2)n[nH]1. The number of ether oxygens (including phenoxy) is 1. The fraction of sp³-hybridized carbons (Fsp3) is 0.385. The molecular weight excluding hydrogens is 228 g/mol. The molecule has 0 saturated carbocycles. The zero-order valence-corrected chi connectivity index (χ0v) is 10.9. The number of nitrogens with one attached hydrogen (secondary N) is 2. The number of H-pyrrole nitrogens is 1. The topological polar surface area (TPSA) is 62.8 Å². The number of rotatable bonds is 5. The molecule has 0 radical (unpaired) electrons. The third kappa shape index (κ3) is 3.56. The second kappa shape index (κ2) is 5.64. The lowest BCUT2D eigenvalue weighted by Gasteiger charge is -2.08. The molecule has 0 unspecified atom stereocenters. The van der Waals surface area contributed by atoms with Gasteiger partial charge in [-0.15, -0.1) is 5.10 Å². The van der Waals surface area contributed by atoms with Gasteiger partial charge in [-0.05, 0) is 13.0 Å². The molecule has 0 aliphatic carbocycles. The van der Waals surface area contributed by atoms with Crippen molar-refractivity contribution < 1.29 is 4.74 Å². The molecule has 18 heavy (non-hydrogen) atoms. The van der Waals surface area contributed by atoms with Crippen LogP contribution in [0.5, 0.6) is 11.6 Å². The highest BCUT2D eigenvalue weighted by Gasteiger charge is 2.03. The Morgan fingerprint density at radius 3 is 2.89 bits per heavy atom. The van der Waals surface area contributed by atoms with Crippen molar-refractivity contribution in [1.29, 1.82) is 0 Å². The van der Waals surface area contributed by atoms with Gasteiger partial charge in [0.15, 0.2) is 0 Å². The molecule has 0 aliphatic rings. The van der Waals surface area contributed by atoms with Gasteiger partial charge in [-0.3, -0.25) is 10.1 Å². The number of hydrogen-bond donors (Lipinski definition) is 2. The molecule has 2 rings (SSSR count). The van der Waals surface area contributed by atoms with Crippen LogP contribution in [-0.2, 0) is 6.54 Å². The van der Waals surface area contributed by atoms with E-state index in [0.29, 0.717) is 11.9 Å². The lowest BCUT2D eigenvalue weighted by molar-refractivity contribution is 0.459. The minimum atomic E-state index is 0.436. The Kier molecular flexibility index (Phi) is 3.94. The van der Waals surface area contributed by atoms with Crippen molar-refractivity contribution in [3.8, 4) is 11.6 Å². The van der Waals surface area contributed by atoms with Gasteiger partial charge in [0, 0.05) is 36.6 Å². The van der Waals surface area contributed by atoms with E-state index in [1.54, 1.807) is 6.20 Å². The zero-order chi connectivity index (χ0) is 13.0. The number of nitrogens with zero attached hydrogens (tertiary/aromatic N) is 2. The van der Waals surface area contributed by atoms with Crippen molar-refractivity contribution in [3.05, 3.63) is 35.8 Å². The quantitative estimate of drug-likeness (QED) is 0.850. The molecule has 0 atom stereocenters. The molecule has 0 aliphatic heterocycles. The average molecular weight is 246 g/mol. The van der Waals surface area contributed by atoms with E-state index in [4.69, 9.17) is 4.74 Å². The normalized spacial score (nSPS) is 10.9. The first kappa shape index (κ1) is 12.6. The van der Waals surface area contributed by atoms with Crippen molar-refractivity contribution in [2.24, 2.45) is 0 Å². The summed E-state index contributed by atoms with van der Waals surface area (Å²) < 4.78 is 5.64. The van der Waals surface area contributed by atoms with Crippen LogP contribution in [0.15, 0.2) is 24.4 Å². The van der Waals surface area contributed by atoms with Crippen LogP contribution in [0.4, 0.5) is 0 Å². The number of aryl methyl sites for hydroxylation is 1. The Morgan fingerprint density at radius 1 is 1.39 bits per heavy atom. The summed E-state index contributed by atoms with van der Waals surface area (Å²) in [6.45, 7) is 6.87. The third-order valence-electron chi connectivity index (χ3n) is 2.38. The van der Waals surface area contributed by atoms with E-state index in [2.05, 4.69) is 34.3 Å². The van der Waals surface area contributed by atoms with E-state index in [1.165, 1.54) is 0 Å². The number of hydrogen-bond acceptors (Lipinski definition) is 4. The molecule has 5 heteroatoms. The second-order valence-electron chi connectivity index (χ2n) is 4.51. The number of pyridine rings is 1. The Hall–Kier alpha value is -1.88. The molecule has 0 bridgehead atoms. The van der Waals surface area contributed by atoms with E-state index in [1.807, 2.05) is 25.1 Å². The van der Waals surface area contributed by atoms with E-state index in [0.717, 1.165) is 23.7 Å². The predicted molar refractivity (Wildman–Crippen MR) is 69.6 cm³/mol. The van der Waals surface area contributed by atoms with Crippen LogP contribution in [0, 0.1) is 6.92 Å². The van der Waals surface area contributed by atoms with Crippen molar-refractivity contribution in [3.63, 3.8) is 0 Å². The summed E-state index contributed by atoms with van der Waals surface area (Å²) in [6.07, 6.45) is 1.74. The molecule has 0 aromatic carbocycles. The molecule has 2 aromatic heterocycles.